The van der Waals surface area contributed by atoms with Gasteiger partial charge in [-0.05, 0) is 44.0 Å². The standard InChI is InChI=1S/C18H27N3O5S/c1-3-8-27(25,26)20-14-7-5-6-13(9-14)18(24)19-15-10-16(11-15)21(4-2)12-17(22)23/h5-7,9,15-16,20H,3-4,8,10-12H2,1-2H3,(H,19,24)(H,22,23). The molecule has 0 spiro atoms. The molecule has 0 aliphatic heterocycles. The lowest BCUT2D eigenvalue weighted by Gasteiger charge is -2.42. The SMILES string of the molecule is CCCS(=O)(=O)Nc1cccc(C(=O)NC2CC(N(CC)CC(=O)O)C2)c1. The van der Waals surface area contributed by atoms with Crippen LogP contribution in [0.4, 0.5) is 5.69 Å². The van der Waals surface area contributed by atoms with E-state index >= 15 is 0 Å². The molecule has 150 valence electrons. The van der Waals surface area contributed by atoms with E-state index in [1.54, 1.807) is 25.1 Å². The maximum absolute atomic E-state index is 12.4. The number of amides is 1. The number of carbonyl (C=O) groups excluding carboxylic acids is 1. The Labute approximate surface area is 160 Å². The van der Waals surface area contributed by atoms with Crippen LogP contribution in [0.1, 0.15) is 43.5 Å². The van der Waals surface area contributed by atoms with E-state index in [9.17, 15) is 18.0 Å². The molecule has 1 amide bonds. The first kappa shape index (κ1) is 21.2. The lowest BCUT2D eigenvalue weighted by atomic mass is 9.85. The molecule has 0 radical (unpaired) electrons. The van der Waals surface area contributed by atoms with Gasteiger partial charge >= 0.3 is 5.97 Å². The molecule has 2 rings (SSSR count). The van der Waals surface area contributed by atoms with E-state index < -0.39 is 16.0 Å². The van der Waals surface area contributed by atoms with Crippen LogP contribution in [0.5, 0.6) is 0 Å². The highest BCUT2D eigenvalue weighted by Gasteiger charge is 2.34. The first-order valence-corrected chi connectivity index (χ1v) is 10.8. The first-order valence-electron chi connectivity index (χ1n) is 9.11. The van der Waals surface area contributed by atoms with Crippen molar-refractivity contribution in [3.63, 3.8) is 0 Å². The van der Waals surface area contributed by atoms with Gasteiger partial charge in [0.1, 0.15) is 0 Å². The highest BCUT2D eigenvalue weighted by atomic mass is 32.2. The van der Waals surface area contributed by atoms with Crippen LogP contribution >= 0.6 is 0 Å². The van der Waals surface area contributed by atoms with Crippen LogP contribution < -0.4 is 10.0 Å². The number of nitrogens with one attached hydrogen (secondary N) is 2. The average molecular weight is 397 g/mol. The molecule has 1 aliphatic carbocycles. The Morgan fingerprint density at radius 2 is 1.96 bits per heavy atom. The van der Waals surface area contributed by atoms with Gasteiger partial charge in [-0.2, -0.15) is 0 Å². The summed E-state index contributed by atoms with van der Waals surface area (Å²) in [4.78, 5) is 25.2. The van der Waals surface area contributed by atoms with Crippen LogP contribution in [-0.4, -0.2) is 61.2 Å². The minimum atomic E-state index is -3.41. The molecular formula is C18H27N3O5S. The van der Waals surface area contributed by atoms with Crippen LogP contribution in [0.15, 0.2) is 24.3 Å². The number of sulfonamides is 1. The lowest BCUT2D eigenvalue weighted by molar-refractivity contribution is -0.139. The Morgan fingerprint density at radius 1 is 1.26 bits per heavy atom. The number of carboxylic acids is 1. The number of carbonyl (C=O) groups is 2. The van der Waals surface area contributed by atoms with Crippen molar-refractivity contribution in [2.24, 2.45) is 0 Å². The molecule has 0 saturated heterocycles. The fourth-order valence-corrected chi connectivity index (χ4v) is 4.29. The van der Waals surface area contributed by atoms with E-state index in [2.05, 4.69) is 10.0 Å². The van der Waals surface area contributed by atoms with Crippen LogP contribution in [0.2, 0.25) is 0 Å². The zero-order chi connectivity index (χ0) is 20.0. The summed E-state index contributed by atoms with van der Waals surface area (Å²) in [7, 11) is -3.41. The zero-order valence-corrected chi connectivity index (χ0v) is 16.5. The monoisotopic (exact) mass is 397 g/mol. The Morgan fingerprint density at radius 3 is 2.56 bits per heavy atom. The maximum atomic E-state index is 12.4. The van der Waals surface area contributed by atoms with Crippen LogP contribution in [0, 0.1) is 0 Å². The van der Waals surface area contributed by atoms with Gasteiger partial charge in [0.05, 0.1) is 12.3 Å². The molecule has 8 nitrogen and oxygen atoms in total. The average Bonchev–Trinajstić information content (AvgIpc) is 2.55. The lowest BCUT2D eigenvalue weighted by Crippen LogP contribution is -2.54. The number of rotatable bonds is 10. The van der Waals surface area contributed by atoms with Gasteiger partial charge < -0.3 is 10.4 Å². The van der Waals surface area contributed by atoms with Crippen molar-refractivity contribution >= 4 is 27.6 Å². The molecule has 1 saturated carbocycles. The molecular weight excluding hydrogens is 370 g/mol. The van der Waals surface area contributed by atoms with Gasteiger partial charge in [-0.3, -0.25) is 19.2 Å². The molecule has 0 unspecified atom stereocenters. The van der Waals surface area contributed by atoms with Gasteiger partial charge in [-0.15, -0.1) is 0 Å². The third-order valence-corrected chi connectivity index (χ3v) is 6.07. The minimum absolute atomic E-state index is 0.00177. The summed E-state index contributed by atoms with van der Waals surface area (Å²) in [5.41, 5.74) is 0.745. The second kappa shape index (κ2) is 9.18. The number of anilines is 1. The Balaban J connectivity index is 1.90. The highest BCUT2D eigenvalue weighted by Crippen LogP contribution is 2.26. The normalized spacial score (nSPS) is 19.4. The Hall–Kier alpha value is -2.13. The summed E-state index contributed by atoms with van der Waals surface area (Å²) in [5, 5.41) is 11.8. The number of likely N-dealkylation sites (N-methyl/N-ethyl adjacent to an activating group) is 1. The van der Waals surface area contributed by atoms with Gasteiger partial charge in [0.15, 0.2) is 0 Å². The smallest absolute Gasteiger partial charge is 0.317 e. The van der Waals surface area contributed by atoms with Crippen molar-refractivity contribution in [3.05, 3.63) is 29.8 Å². The summed E-state index contributed by atoms with van der Waals surface area (Å²) in [6.45, 7) is 4.35. The maximum Gasteiger partial charge on any atom is 0.317 e. The van der Waals surface area contributed by atoms with Crippen LogP contribution in [0.3, 0.4) is 0 Å². The fraction of sp³-hybridized carbons (Fsp3) is 0.556. The molecule has 3 N–H and O–H groups in total. The summed E-state index contributed by atoms with van der Waals surface area (Å²) >= 11 is 0. The number of carboxylic acid groups (broad SMARTS) is 1. The minimum Gasteiger partial charge on any atom is -0.480 e. The summed E-state index contributed by atoms with van der Waals surface area (Å²) in [6, 6.07) is 6.53. The topological polar surface area (TPSA) is 116 Å². The van der Waals surface area contributed by atoms with Crippen molar-refractivity contribution in [1.82, 2.24) is 10.2 Å². The summed E-state index contributed by atoms with van der Waals surface area (Å²) < 4.78 is 26.2. The molecule has 1 fully saturated rings. The van der Waals surface area contributed by atoms with Gasteiger partial charge in [0, 0.05) is 23.3 Å². The largest absolute Gasteiger partial charge is 0.480 e. The van der Waals surface area contributed by atoms with Gasteiger partial charge in [-0.1, -0.05) is 19.9 Å². The number of aliphatic carboxylic acids is 1. The molecule has 0 atom stereocenters. The molecule has 1 aliphatic rings. The third-order valence-electron chi connectivity index (χ3n) is 4.58. The van der Waals surface area contributed by atoms with Crippen LogP contribution in [0.25, 0.3) is 0 Å². The molecule has 27 heavy (non-hydrogen) atoms. The number of hydrogen-bond donors (Lipinski definition) is 3. The summed E-state index contributed by atoms with van der Waals surface area (Å²) in [5.74, 6) is -1.10. The van der Waals surface area contributed by atoms with Crippen molar-refractivity contribution in [2.45, 2.75) is 45.2 Å². The van der Waals surface area contributed by atoms with Crippen molar-refractivity contribution in [3.8, 4) is 0 Å². The molecule has 0 bridgehead atoms. The fourth-order valence-electron chi connectivity index (χ4n) is 3.17. The third kappa shape index (κ3) is 6.21. The second-order valence-electron chi connectivity index (χ2n) is 6.75. The van der Waals surface area contributed by atoms with Crippen molar-refractivity contribution in [2.75, 3.05) is 23.6 Å². The number of benzene rings is 1. The predicted octanol–water partition coefficient (Wildman–Crippen LogP) is 1.51. The van der Waals surface area contributed by atoms with E-state index in [-0.39, 0.29) is 30.3 Å². The van der Waals surface area contributed by atoms with Gasteiger partial charge in [0.2, 0.25) is 10.0 Å². The van der Waals surface area contributed by atoms with Crippen LogP contribution in [-0.2, 0) is 14.8 Å². The molecule has 1 aromatic rings. The van der Waals surface area contributed by atoms with Gasteiger partial charge in [0.25, 0.3) is 5.91 Å². The van der Waals surface area contributed by atoms with E-state index in [1.165, 1.54) is 6.07 Å². The first-order chi connectivity index (χ1) is 12.7. The van der Waals surface area contributed by atoms with E-state index in [4.69, 9.17) is 5.11 Å². The molecule has 0 aromatic heterocycles. The molecule has 1 aromatic carbocycles. The van der Waals surface area contributed by atoms with E-state index in [1.807, 2.05) is 11.8 Å². The number of nitrogens with zero attached hydrogens (tertiary/aromatic N) is 1. The number of hydrogen-bond acceptors (Lipinski definition) is 5. The zero-order valence-electron chi connectivity index (χ0n) is 15.6. The predicted molar refractivity (Wildman–Crippen MR) is 103 cm³/mol. The highest BCUT2D eigenvalue weighted by molar-refractivity contribution is 7.92. The second-order valence-corrected chi connectivity index (χ2v) is 8.60. The molecule has 9 heteroatoms. The van der Waals surface area contributed by atoms with Crippen molar-refractivity contribution < 1.29 is 23.1 Å². The Kier molecular flexibility index (Phi) is 7.20. The Bertz CT molecular complexity index is 775. The van der Waals surface area contributed by atoms with Gasteiger partial charge in [-0.25, -0.2) is 8.42 Å². The quantitative estimate of drug-likeness (QED) is 0.551. The van der Waals surface area contributed by atoms with E-state index in [0.29, 0.717) is 37.1 Å². The van der Waals surface area contributed by atoms with E-state index in [0.717, 1.165) is 0 Å². The summed E-state index contributed by atoms with van der Waals surface area (Å²) in [6.07, 6.45) is 1.92. The van der Waals surface area contributed by atoms with Crippen molar-refractivity contribution in [1.29, 1.82) is 0 Å². The molecule has 0 heterocycles.